The summed E-state index contributed by atoms with van der Waals surface area (Å²) in [6.07, 6.45) is 3.01. The number of alkyl halides is 1. The van der Waals surface area contributed by atoms with Crippen LogP contribution in [0, 0.1) is 0 Å². The normalized spacial score (nSPS) is 13.1. The predicted molar refractivity (Wildman–Crippen MR) is 63.6 cm³/mol. The number of aromatic nitrogens is 1. The molecule has 0 saturated carbocycles. The molecule has 3 heteroatoms. The van der Waals surface area contributed by atoms with Crippen LogP contribution in [0.4, 0.5) is 0 Å². The van der Waals surface area contributed by atoms with Crippen molar-refractivity contribution in [3.8, 4) is 0 Å². The Morgan fingerprint density at radius 3 is 2.86 bits per heavy atom. The molecule has 78 valence electrons. The van der Waals surface area contributed by atoms with Crippen molar-refractivity contribution in [1.82, 2.24) is 9.88 Å². The van der Waals surface area contributed by atoms with Gasteiger partial charge < -0.3 is 4.90 Å². The van der Waals surface area contributed by atoms with Crippen LogP contribution in [0.1, 0.15) is 19.0 Å². The molecule has 0 aliphatic rings. The van der Waals surface area contributed by atoms with Crippen LogP contribution < -0.4 is 0 Å². The standard InChI is InChI=1S/C11H17BrN2/c1-10(12)6-8-14(2)9-11-5-3-4-7-13-11/h3-5,7,10H,6,8-9H2,1-2H3. The molecule has 0 spiro atoms. The molecule has 1 aromatic heterocycles. The van der Waals surface area contributed by atoms with E-state index in [1.807, 2.05) is 18.3 Å². The minimum atomic E-state index is 0.591. The van der Waals surface area contributed by atoms with Gasteiger partial charge in [0.25, 0.3) is 0 Å². The van der Waals surface area contributed by atoms with Crippen LogP contribution in [0.25, 0.3) is 0 Å². The van der Waals surface area contributed by atoms with E-state index in [4.69, 9.17) is 0 Å². The van der Waals surface area contributed by atoms with Crippen molar-refractivity contribution in [2.24, 2.45) is 0 Å². The van der Waals surface area contributed by atoms with Crippen molar-refractivity contribution >= 4 is 15.9 Å². The van der Waals surface area contributed by atoms with Gasteiger partial charge in [-0.2, -0.15) is 0 Å². The lowest BCUT2D eigenvalue weighted by Crippen LogP contribution is -2.21. The summed E-state index contributed by atoms with van der Waals surface area (Å²) in [6.45, 7) is 4.21. The second-order valence-corrected chi connectivity index (χ2v) is 5.19. The molecular weight excluding hydrogens is 240 g/mol. The zero-order chi connectivity index (χ0) is 10.4. The Labute approximate surface area is 94.5 Å². The van der Waals surface area contributed by atoms with Gasteiger partial charge in [0.1, 0.15) is 0 Å². The first-order chi connectivity index (χ1) is 6.68. The van der Waals surface area contributed by atoms with Crippen LogP contribution in [0.3, 0.4) is 0 Å². The zero-order valence-electron chi connectivity index (χ0n) is 8.78. The maximum atomic E-state index is 4.29. The van der Waals surface area contributed by atoms with Gasteiger partial charge in [-0.25, -0.2) is 0 Å². The average molecular weight is 257 g/mol. The molecule has 0 aliphatic carbocycles. The third kappa shape index (κ3) is 4.72. The quantitative estimate of drug-likeness (QED) is 0.754. The number of hydrogen-bond acceptors (Lipinski definition) is 2. The molecule has 1 rings (SSSR count). The highest BCUT2D eigenvalue weighted by molar-refractivity contribution is 9.09. The molecule has 14 heavy (non-hydrogen) atoms. The molecule has 2 nitrogen and oxygen atoms in total. The van der Waals surface area contributed by atoms with Gasteiger partial charge in [-0.15, -0.1) is 0 Å². The number of pyridine rings is 1. The fourth-order valence-electron chi connectivity index (χ4n) is 1.25. The molecule has 0 radical (unpaired) electrons. The molecule has 1 unspecified atom stereocenters. The summed E-state index contributed by atoms with van der Waals surface area (Å²) >= 11 is 3.55. The molecule has 1 heterocycles. The number of halogens is 1. The van der Waals surface area contributed by atoms with Crippen molar-refractivity contribution in [3.63, 3.8) is 0 Å². The number of rotatable bonds is 5. The van der Waals surface area contributed by atoms with E-state index in [0.29, 0.717) is 4.83 Å². The lowest BCUT2D eigenvalue weighted by atomic mass is 10.3. The van der Waals surface area contributed by atoms with E-state index in [-0.39, 0.29) is 0 Å². The fraction of sp³-hybridized carbons (Fsp3) is 0.545. The molecule has 0 fully saturated rings. The molecule has 0 N–H and O–H groups in total. The molecule has 0 aliphatic heterocycles. The molecule has 0 aromatic carbocycles. The van der Waals surface area contributed by atoms with Gasteiger partial charge in [-0.05, 0) is 32.1 Å². The van der Waals surface area contributed by atoms with E-state index in [1.165, 1.54) is 6.42 Å². The van der Waals surface area contributed by atoms with E-state index in [2.05, 4.69) is 45.9 Å². The summed E-state index contributed by atoms with van der Waals surface area (Å²) in [5, 5.41) is 0. The van der Waals surface area contributed by atoms with E-state index in [1.54, 1.807) is 0 Å². The average Bonchev–Trinajstić information content (AvgIpc) is 2.16. The highest BCUT2D eigenvalue weighted by Crippen LogP contribution is 2.05. The van der Waals surface area contributed by atoms with Crippen LogP contribution in [-0.4, -0.2) is 28.3 Å². The van der Waals surface area contributed by atoms with Crippen LogP contribution in [0.2, 0.25) is 0 Å². The SMILES string of the molecule is CC(Br)CCN(C)Cc1ccccn1. The Morgan fingerprint density at radius 1 is 1.50 bits per heavy atom. The Bertz CT molecular complexity index is 249. The smallest absolute Gasteiger partial charge is 0.0543 e. The first-order valence-corrected chi connectivity index (χ1v) is 5.82. The lowest BCUT2D eigenvalue weighted by Gasteiger charge is -2.16. The summed E-state index contributed by atoms with van der Waals surface area (Å²) in [4.78, 5) is 7.18. The Balaban J connectivity index is 2.30. The van der Waals surface area contributed by atoms with Crippen LogP contribution in [0.15, 0.2) is 24.4 Å². The molecule has 0 amide bonds. The van der Waals surface area contributed by atoms with Gasteiger partial charge >= 0.3 is 0 Å². The second kappa shape index (κ2) is 6.14. The molecule has 1 aromatic rings. The first kappa shape index (κ1) is 11.7. The minimum absolute atomic E-state index is 0.591. The number of nitrogens with zero attached hydrogens (tertiary/aromatic N) is 2. The van der Waals surface area contributed by atoms with Crippen LogP contribution >= 0.6 is 15.9 Å². The van der Waals surface area contributed by atoms with E-state index in [0.717, 1.165) is 18.8 Å². The highest BCUT2D eigenvalue weighted by Gasteiger charge is 2.02. The maximum absolute atomic E-state index is 4.29. The maximum Gasteiger partial charge on any atom is 0.0543 e. The second-order valence-electron chi connectivity index (χ2n) is 3.63. The van der Waals surface area contributed by atoms with Crippen molar-refractivity contribution in [2.45, 2.75) is 24.7 Å². The Kier molecular flexibility index (Phi) is 5.12. The van der Waals surface area contributed by atoms with Crippen molar-refractivity contribution in [3.05, 3.63) is 30.1 Å². The summed E-state index contributed by atoms with van der Waals surface area (Å²) in [5.41, 5.74) is 1.14. The predicted octanol–water partition coefficient (Wildman–Crippen LogP) is 2.69. The summed E-state index contributed by atoms with van der Waals surface area (Å²) < 4.78 is 0. The van der Waals surface area contributed by atoms with Crippen molar-refractivity contribution in [2.75, 3.05) is 13.6 Å². The largest absolute Gasteiger partial charge is 0.301 e. The molecule has 0 bridgehead atoms. The van der Waals surface area contributed by atoms with E-state index < -0.39 is 0 Å². The van der Waals surface area contributed by atoms with Crippen LogP contribution in [-0.2, 0) is 6.54 Å². The zero-order valence-corrected chi connectivity index (χ0v) is 10.4. The Hall–Kier alpha value is -0.410. The van der Waals surface area contributed by atoms with Gasteiger partial charge in [0.05, 0.1) is 5.69 Å². The van der Waals surface area contributed by atoms with Gasteiger partial charge in [-0.1, -0.05) is 28.9 Å². The van der Waals surface area contributed by atoms with E-state index >= 15 is 0 Å². The summed E-state index contributed by atoms with van der Waals surface area (Å²) in [6, 6.07) is 6.04. The summed E-state index contributed by atoms with van der Waals surface area (Å²) in [5.74, 6) is 0. The van der Waals surface area contributed by atoms with Crippen molar-refractivity contribution < 1.29 is 0 Å². The van der Waals surface area contributed by atoms with Gasteiger partial charge in [0, 0.05) is 17.6 Å². The van der Waals surface area contributed by atoms with Crippen molar-refractivity contribution in [1.29, 1.82) is 0 Å². The number of hydrogen-bond donors (Lipinski definition) is 0. The van der Waals surface area contributed by atoms with E-state index in [9.17, 15) is 0 Å². The van der Waals surface area contributed by atoms with Gasteiger partial charge in [0.2, 0.25) is 0 Å². The van der Waals surface area contributed by atoms with Gasteiger partial charge in [-0.3, -0.25) is 4.98 Å². The van der Waals surface area contributed by atoms with Gasteiger partial charge in [0.15, 0.2) is 0 Å². The lowest BCUT2D eigenvalue weighted by molar-refractivity contribution is 0.319. The molecular formula is C11H17BrN2. The monoisotopic (exact) mass is 256 g/mol. The summed E-state index contributed by atoms with van der Waals surface area (Å²) in [7, 11) is 2.13. The highest BCUT2D eigenvalue weighted by atomic mass is 79.9. The minimum Gasteiger partial charge on any atom is -0.301 e. The topological polar surface area (TPSA) is 16.1 Å². The molecule has 1 atom stereocenters. The first-order valence-electron chi connectivity index (χ1n) is 4.91. The molecule has 0 saturated heterocycles. The fourth-order valence-corrected chi connectivity index (χ4v) is 1.45. The third-order valence-electron chi connectivity index (χ3n) is 2.07. The third-order valence-corrected chi connectivity index (χ3v) is 2.52. The Morgan fingerprint density at radius 2 is 2.29 bits per heavy atom. The van der Waals surface area contributed by atoms with Crippen LogP contribution in [0.5, 0.6) is 0 Å².